The van der Waals surface area contributed by atoms with Crippen LogP contribution in [0.25, 0.3) is 11.3 Å². The van der Waals surface area contributed by atoms with Gasteiger partial charge in [0.25, 0.3) is 0 Å². The Hall–Kier alpha value is -3.47. The number of para-hydroxylation sites is 1. The highest BCUT2D eigenvalue weighted by molar-refractivity contribution is 7.91. The number of pyridine rings is 1. The van der Waals surface area contributed by atoms with Crippen molar-refractivity contribution in [3.8, 4) is 17.0 Å². The lowest BCUT2D eigenvalue weighted by Gasteiger charge is -2.13. The predicted molar refractivity (Wildman–Crippen MR) is 113 cm³/mol. The van der Waals surface area contributed by atoms with Gasteiger partial charge < -0.3 is 10.1 Å². The molecule has 1 amide bonds. The quantitative estimate of drug-likeness (QED) is 0.491. The molecule has 0 saturated heterocycles. The molecule has 0 radical (unpaired) electrons. The van der Waals surface area contributed by atoms with E-state index in [2.05, 4.69) is 15.0 Å². The van der Waals surface area contributed by atoms with Gasteiger partial charge in [0.15, 0.2) is 15.7 Å². The fraction of sp³-hybridized carbons (Fsp3) is 0.182. The molecular formula is C22H18F4N2O4S. The van der Waals surface area contributed by atoms with Gasteiger partial charge in [-0.15, -0.1) is 13.2 Å². The average Bonchev–Trinajstić information content (AvgIpc) is 2.74. The largest absolute Gasteiger partial charge is 0.573 e. The maximum atomic E-state index is 14.6. The molecule has 0 bridgehead atoms. The Bertz CT molecular complexity index is 1260. The molecule has 0 unspecified atom stereocenters. The third kappa shape index (κ3) is 6.28. The van der Waals surface area contributed by atoms with Crippen molar-refractivity contribution in [2.24, 2.45) is 0 Å². The van der Waals surface area contributed by atoms with E-state index in [1.165, 1.54) is 49.4 Å². The molecule has 0 aliphatic heterocycles. The minimum atomic E-state index is -4.96. The molecule has 0 aliphatic rings. The van der Waals surface area contributed by atoms with Gasteiger partial charge in [-0.25, -0.2) is 12.8 Å². The van der Waals surface area contributed by atoms with Crippen molar-refractivity contribution in [1.29, 1.82) is 0 Å². The lowest BCUT2D eigenvalue weighted by Crippen LogP contribution is -2.18. The SMILES string of the molecule is CCS(=O)(=O)c1ccc(CC(=O)Nc2cnc(-c3ccccc3OC(F)(F)F)c(F)c2)cc1. The van der Waals surface area contributed by atoms with Crippen molar-refractivity contribution >= 4 is 21.4 Å². The number of amides is 1. The zero-order chi connectivity index (χ0) is 24.2. The van der Waals surface area contributed by atoms with E-state index in [0.717, 1.165) is 18.3 Å². The number of halogens is 4. The number of benzene rings is 2. The van der Waals surface area contributed by atoms with E-state index in [1.807, 2.05) is 0 Å². The molecule has 1 aromatic heterocycles. The molecule has 11 heteroatoms. The first kappa shape index (κ1) is 24.2. The van der Waals surface area contributed by atoms with Gasteiger partial charge in [-0.2, -0.15) is 0 Å². The molecule has 3 aromatic rings. The molecule has 0 spiro atoms. The van der Waals surface area contributed by atoms with Crippen LogP contribution in [0.1, 0.15) is 12.5 Å². The number of anilines is 1. The lowest BCUT2D eigenvalue weighted by atomic mass is 10.1. The summed E-state index contributed by atoms with van der Waals surface area (Å²) in [7, 11) is -3.36. The van der Waals surface area contributed by atoms with Crippen LogP contribution in [0.4, 0.5) is 23.2 Å². The summed E-state index contributed by atoms with van der Waals surface area (Å²) in [6.45, 7) is 1.52. The number of carbonyl (C=O) groups is 1. The second kappa shape index (κ2) is 9.57. The average molecular weight is 482 g/mol. The van der Waals surface area contributed by atoms with Gasteiger partial charge in [0.2, 0.25) is 5.91 Å². The van der Waals surface area contributed by atoms with Gasteiger partial charge in [-0.3, -0.25) is 9.78 Å². The number of sulfone groups is 1. The maximum absolute atomic E-state index is 14.6. The molecule has 1 heterocycles. The summed E-state index contributed by atoms with van der Waals surface area (Å²) in [5.74, 6) is -2.13. The number of nitrogens with one attached hydrogen (secondary N) is 1. The highest BCUT2D eigenvalue weighted by Gasteiger charge is 2.32. The predicted octanol–water partition coefficient (Wildman–Crippen LogP) is 4.76. The highest BCUT2D eigenvalue weighted by atomic mass is 32.2. The van der Waals surface area contributed by atoms with Gasteiger partial charge in [-0.1, -0.05) is 31.2 Å². The van der Waals surface area contributed by atoms with E-state index in [4.69, 9.17) is 0 Å². The first-order valence-corrected chi connectivity index (χ1v) is 11.3. The molecule has 2 aromatic carbocycles. The van der Waals surface area contributed by atoms with E-state index in [9.17, 15) is 30.8 Å². The van der Waals surface area contributed by atoms with Crippen molar-refractivity contribution < 1.29 is 35.5 Å². The number of rotatable bonds is 7. The van der Waals surface area contributed by atoms with Crippen molar-refractivity contribution in [1.82, 2.24) is 4.98 Å². The van der Waals surface area contributed by atoms with Crippen LogP contribution >= 0.6 is 0 Å². The summed E-state index contributed by atoms with van der Waals surface area (Å²) in [4.78, 5) is 16.3. The Morgan fingerprint density at radius 2 is 1.76 bits per heavy atom. The lowest BCUT2D eigenvalue weighted by molar-refractivity contribution is -0.274. The standard InChI is InChI=1S/C22H18F4N2O4S/c1-2-33(30,31)16-9-7-14(8-10-16)11-20(29)28-15-12-18(23)21(27-13-15)17-5-3-4-6-19(17)32-22(24,25)26/h3-10,12-13H,2,11H2,1H3,(H,28,29). The summed E-state index contributed by atoms with van der Waals surface area (Å²) in [6.07, 6.45) is -3.96. The monoisotopic (exact) mass is 482 g/mol. The van der Waals surface area contributed by atoms with Gasteiger partial charge in [0, 0.05) is 11.6 Å². The van der Waals surface area contributed by atoms with E-state index in [1.54, 1.807) is 0 Å². The number of aromatic nitrogens is 1. The molecule has 0 aliphatic carbocycles. The summed E-state index contributed by atoms with van der Waals surface area (Å²) in [6, 6.07) is 11.7. The van der Waals surface area contributed by atoms with Crippen LogP contribution in [0.5, 0.6) is 5.75 Å². The molecule has 33 heavy (non-hydrogen) atoms. The second-order valence-corrected chi connectivity index (χ2v) is 9.15. The van der Waals surface area contributed by atoms with Crippen LogP contribution in [0.2, 0.25) is 0 Å². The molecule has 0 fully saturated rings. The number of hydrogen-bond donors (Lipinski definition) is 1. The van der Waals surface area contributed by atoms with Gasteiger partial charge >= 0.3 is 6.36 Å². The summed E-state index contributed by atoms with van der Waals surface area (Å²) in [5, 5.41) is 2.45. The highest BCUT2D eigenvalue weighted by Crippen LogP contribution is 2.34. The van der Waals surface area contributed by atoms with Crippen LogP contribution in [-0.2, 0) is 21.1 Å². The summed E-state index contributed by atoms with van der Waals surface area (Å²) in [5.41, 5.74) is -0.0422. The number of carbonyl (C=O) groups excluding carboxylic acids is 1. The molecule has 174 valence electrons. The first-order chi connectivity index (χ1) is 15.5. The molecule has 3 rings (SSSR count). The van der Waals surface area contributed by atoms with E-state index in [0.29, 0.717) is 5.56 Å². The van der Waals surface area contributed by atoms with Crippen molar-refractivity contribution in [3.63, 3.8) is 0 Å². The Balaban J connectivity index is 1.73. The van der Waals surface area contributed by atoms with Crippen LogP contribution in [0.15, 0.2) is 65.7 Å². The normalized spacial score (nSPS) is 11.8. The minimum absolute atomic E-state index is 0.000604. The second-order valence-electron chi connectivity index (χ2n) is 6.87. The molecule has 0 atom stereocenters. The van der Waals surface area contributed by atoms with Gasteiger partial charge in [0.1, 0.15) is 11.4 Å². The number of ether oxygens (including phenoxy) is 1. The zero-order valence-electron chi connectivity index (χ0n) is 17.2. The third-order valence-corrected chi connectivity index (χ3v) is 6.27. The zero-order valence-corrected chi connectivity index (χ0v) is 18.0. The Morgan fingerprint density at radius 3 is 2.36 bits per heavy atom. The van der Waals surface area contributed by atoms with Gasteiger partial charge in [-0.05, 0) is 29.8 Å². The van der Waals surface area contributed by atoms with E-state index < -0.39 is 33.7 Å². The van der Waals surface area contributed by atoms with Gasteiger partial charge in [0.05, 0.1) is 29.0 Å². The smallest absolute Gasteiger partial charge is 0.405 e. The fourth-order valence-electron chi connectivity index (χ4n) is 2.95. The molecular weight excluding hydrogens is 464 g/mol. The maximum Gasteiger partial charge on any atom is 0.573 e. The van der Waals surface area contributed by atoms with Crippen molar-refractivity contribution in [2.45, 2.75) is 24.6 Å². The summed E-state index contributed by atoms with van der Waals surface area (Å²) >= 11 is 0. The molecule has 6 nitrogen and oxygen atoms in total. The number of nitrogens with zero attached hydrogens (tertiary/aromatic N) is 1. The van der Waals surface area contributed by atoms with Crippen LogP contribution in [0, 0.1) is 5.82 Å². The van der Waals surface area contributed by atoms with E-state index in [-0.39, 0.29) is 34.0 Å². The van der Waals surface area contributed by atoms with Crippen LogP contribution in [-0.4, -0.2) is 31.4 Å². The summed E-state index contributed by atoms with van der Waals surface area (Å²) < 4.78 is 80.0. The van der Waals surface area contributed by atoms with Crippen LogP contribution < -0.4 is 10.1 Å². The first-order valence-electron chi connectivity index (χ1n) is 9.61. The molecule has 0 saturated carbocycles. The van der Waals surface area contributed by atoms with Crippen molar-refractivity contribution in [3.05, 3.63) is 72.2 Å². The molecule has 1 N–H and O–H groups in total. The minimum Gasteiger partial charge on any atom is -0.405 e. The fourth-order valence-corrected chi connectivity index (χ4v) is 3.84. The van der Waals surface area contributed by atoms with E-state index >= 15 is 0 Å². The third-order valence-electron chi connectivity index (χ3n) is 4.52. The van der Waals surface area contributed by atoms with Crippen LogP contribution in [0.3, 0.4) is 0 Å². The number of alkyl halides is 3. The Morgan fingerprint density at radius 1 is 1.09 bits per heavy atom. The van der Waals surface area contributed by atoms with Crippen molar-refractivity contribution in [2.75, 3.05) is 11.1 Å². The number of hydrogen-bond acceptors (Lipinski definition) is 5. The topological polar surface area (TPSA) is 85.4 Å². The Kier molecular flexibility index (Phi) is 7.01. The Labute approximate surface area is 187 Å².